The lowest BCUT2D eigenvalue weighted by Gasteiger charge is -2.37. The second kappa shape index (κ2) is 9.44. The number of halogens is 2. The molecular formula is C34H24Cl2N2O3. The molecule has 7 heteroatoms. The largest absolute Gasteiger partial charge is 0.352 e. The predicted molar refractivity (Wildman–Crippen MR) is 162 cm³/mol. The molecule has 0 aliphatic carbocycles. The predicted octanol–water partition coefficient (Wildman–Crippen LogP) is 7.16. The van der Waals surface area contributed by atoms with E-state index >= 15 is 0 Å². The van der Waals surface area contributed by atoms with Crippen LogP contribution in [0.15, 0.2) is 97.1 Å². The number of nitrogens with one attached hydrogen (secondary N) is 1. The molecular weight excluding hydrogens is 555 g/mol. The molecule has 1 fully saturated rings. The molecule has 4 atom stereocenters. The van der Waals surface area contributed by atoms with Gasteiger partial charge in [-0.15, -0.1) is 0 Å². The van der Waals surface area contributed by atoms with Crippen LogP contribution in [0.3, 0.4) is 0 Å². The van der Waals surface area contributed by atoms with E-state index < -0.39 is 23.4 Å². The van der Waals surface area contributed by atoms with Crippen molar-refractivity contribution < 1.29 is 14.4 Å². The van der Waals surface area contributed by atoms with Crippen LogP contribution in [0.2, 0.25) is 10.0 Å². The number of aryl methyl sites for hydroxylation is 1. The second-order valence-electron chi connectivity index (χ2n) is 10.8. The first kappa shape index (κ1) is 25.8. The van der Waals surface area contributed by atoms with Gasteiger partial charge in [0.15, 0.2) is 11.6 Å². The Bertz CT molecular complexity index is 1800. The van der Waals surface area contributed by atoms with E-state index in [9.17, 15) is 14.4 Å². The highest BCUT2D eigenvalue weighted by Gasteiger charge is 2.70. The van der Waals surface area contributed by atoms with Gasteiger partial charge >= 0.3 is 0 Å². The standard InChI is InChI=1S/C34H24Cl2N2O3/c1-19-11-12-20-13-16-28-34(24-9-5-6-10-26(24)37-33(34)41)29(32(40)23-15-14-22(35)18-25(23)36)30(38(28)27(20)17-19)31(39)21-7-3-2-4-8-21/h2-18,28-30H,1H3,(H,37,41)/t28-,29-,30+,34-/m0/s1. The number of fused-ring (bicyclic) bond motifs is 6. The zero-order chi connectivity index (χ0) is 28.5. The first-order chi connectivity index (χ1) is 19.8. The lowest BCUT2D eigenvalue weighted by atomic mass is 9.64. The third-order valence-corrected chi connectivity index (χ3v) is 9.14. The van der Waals surface area contributed by atoms with Crippen LogP contribution in [-0.4, -0.2) is 29.6 Å². The molecule has 3 heterocycles. The molecule has 7 rings (SSSR count). The summed E-state index contributed by atoms with van der Waals surface area (Å²) in [5.41, 5.74) is 3.33. The van der Waals surface area contributed by atoms with Crippen molar-refractivity contribution in [2.45, 2.75) is 24.4 Å². The minimum atomic E-state index is -1.40. The van der Waals surface area contributed by atoms with Crippen molar-refractivity contribution >= 4 is 58.1 Å². The normalized spacial score (nSPS) is 23.6. The van der Waals surface area contributed by atoms with Gasteiger partial charge in [0, 0.05) is 27.5 Å². The minimum Gasteiger partial charge on any atom is -0.352 e. The van der Waals surface area contributed by atoms with Crippen LogP contribution >= 0.6 is 23.2 Å². The number of carbonyl (C=O) groups excluding carboxylic acids is 3. The molecule has 0 unspecified atom stereocenters. The average molecular weight is 579 g/mol. The Kier molecular flexibility index (Phi) is 5.93. The maximum absolute atomic E-state index is 14.9. The fraction of sp³-hybridized carbons (Fsp3) is 0.147. The molecule has 0 radical (unpaired) electrons. The zero-order valence-electron chi connectivity index (χ0n) is 22.0. The Balaban J connectivity index is 1.56. The molecule has 3 aliphatic heterocycles. The Morgan fingerprint density at radius 1 is 0.878 bits per heavy atom. The average Bonchev–Trinajstić information content (AvgIpc) is 3.45. The number of benzene rings is 4. The van der Waals surface area contributed by atoms with Gasteiger partial charge in [-0.05, 0) is 53.9 Å². The fourth-order valence-electron chi connectivity index (χ4n) is 6.90. The van der Waals surface area contributed by atoms with E-state index in [1.165, 1.54) is 6.07 Å². The zero-order valence-corrected chi connectivity index (χ0v) is 23.5. The summed E-state index contributed by atoms with van der Waals surface area (Å²) in [4.78, 5) is 45.9. The molecule has 4 aromatic carbocycles. The number of rotatable bonds is 4. The topological polar surface area (TPSA) is 66.5 Å². The Labute approximate surface area is 247 Å². The van der Waals surface area contributed by atoms with Crippen LogP contribution in [0.5, 0.6) is 0 Å². The Morgan fingerprint density at radius 2 is 1.63 bits per heavy atom. The number of nitrogens with zero attached hydrogens (tertiary/aromatic N) is 1. The van der Waals surface area contributed by atoms with Crippen molar-refractivity contribution in [1.29, 1.82) is 0 Å². The molecule has 1 spiro atoms. The van der Waals surface area contributed by atoms with Crippen molar-refractivity contribution in [3.8, 4) is 0 Å². The first-order valence-electron chi connectivity index (χ1n) is 13.4. The van der Waals surface area contributed by atoms with Crippen LogP contribution in [0.25, 0.3) is 6.08 Å². The third-order valence-electron chi connectivity index (χ3n) is 8.60. The highest BCUT2D eigenvalue weighted by atomic mass is 35.5. The molecule has 0 bridgehead atoms. The fourth-order valence-corrected chi connectivity index (χ4v) is 7.41. The number of hydrogen-bond donors (Lipinski definition) is 1. The van der Waals surface area contributed by atoms with Crippen LogP contribution in [-0.2, 0) is 10.2 Å². The Morgan fingerprint density at radius 3 is 2.41 bits per heavy atom. The van der Waals surface area contributed by atoms with E-state index in [0.29, 0.717) is 21.8 Å². The van der Waals surface area contributed by atoms with Gasteiger partial charge in [0.05, 0.1) is 17.0 Å². The summed E-state index contributed by atoms with van der Waals surface area (Å²) < 4.78 is 0. The maximum Gasteiger partial charge on any atom is 0.238 e. The quantitative estimate of drug-likeness (QED) is 0.261. The van der Waals surface area contributed by atoms with Crippen LogP contribution in [0, 0.1) is 12.8 Å². The number of amides is 1. The molecule has 41 heavy (non-hydrogen) atoms. The van der Waals surface area contributed by atoms with Gasteiger partial charge in [-0.3, -0.25) is 14.4 Å². The molecule has 1 amide bonds. The van der Waals surface area contributed by atoms with Gasteiger partial charge in [0.25, 0.3) is 0 Å². The molecule has 3 aliphatic rings. The SMILES string of the molecule is Cc1ccc2c(c1)N1[C@@H](C=C2)[C@]2(C(=O)Nc3ccccc32)[C@H](C(=O)c2ccc(Cl)cc2Cl)[C@@H]1C(=O)c1ccccc1. The Hall–Kier alpha value is -4.19. The summed E-state index contributed by atoms with van der Waals surface area (Å²) in [7, 11) is 0. The molecule has 5 nitrogen and oxygen atoms in total. The van der Waals surface area contributed by atoms with Crippen LogP contribution in [0.1, 0.15) is 37.4 Å². The van der Waals surface area contributed by atoms with E-state index in [2.05, 4.69) is 5.32 Å². The van der Waals surface area contributed by atoms with Crippen molar-refractivity contribution in [3.05, 3.63) is 135 Å². The lowest BCUT2D eigenvalue weighted by molar-refractivity contribution is -0.121. The summed E-state index contributed by atoms with van der Waals surface area (Å²) in [6, 6.07) is 25.5. The van der Waals surface area contributed by atoms with Gasteiger partial charge in [0.2, 0.25) is 5.91 Å². The molecule has 1 N–H and O–H groups in total. The lowest BCUT2D eigenvalue weighted by Crippen LogP contribution is -2.51. The van der Waals surface area contributed by atoms with Gasteiger partial charge in [0.1, 0.15) is 11.5 Å². The van der Waals surface area contributed by atoms with E-state index in [0.717, 1.165) is 16.8 Å². The van der Waals surface area contributed by atoms with Crippen molar-refractivity contribution in [3.63, 3.8) is 0 Å². The number of Topliss-reactive ketones (excluding diaryl/α,β-unsaturated/α-hetero) is 2. The summed E-state index contributed by atoms with van der Waals surface area (Å²) >= 11 is 12.8. The van der Waals surface area contributed by atoms with Gasteiger partial charge < -0.3 is 10.2 Å². The van der Waals surface area contributed by atoms with Gasteiger partial charge in [-0.2, -0.15) is 0 Å². The monoisotopic (exact) mass is 578 g/mol. The van der Waals surface area contributed by atoms with E-state index in [-0.39, 0.29) is 28.1 Å². The summed E-state index contributed by atoms with van der Waals surface area (Å²) in [5, 5.41) is 3.60. The maximum atomic E-state index is 14.9. The minimum absolute atomic E-state index is 0.173. The first-order valence-corrected chi connectivity index (χ1v) is 14.1. The van der Waals surface area contributed by atoms with E-state index in [4.69, 9.17) is 23.2 Å². The van der Waals surface area contributed by atoms with Gasteiger partial charge in [-0.1, -0.05) is 96.0 Å². The number of anilines is 2. The van der Waals surface area contributed by atoms with E-state index in [1.54, 1.807) is 36.4 Å². The molecule has 4 aromatic rings. The number of carbonyl (C=O) groups is 3. The highest BCUT2D eigenvalue weighted by molar-refractivity contribution is 6.37. The van der Waals surface area contributed by atoms with Crippen molar-refractivity contribution in [2.75, 3.05) is 10.2 Å². The van der Waals surface area contributed by atoms with Gasteiger partial charge in [-0.25, -0.2) is 0 Å². The number of hydrogen-bond acceptors (Lipinski definition) is 4. The van der Waals surface area contributed by atoms with Crippen LogP contribution in [0.4, 0.5) is 11.4 Å². The summed E-state index contributed by atoms with van der Waals surface area (Å²) in [6.07, 6.45) is 3.94. The van der Waals surface area contributed by atoms with Crippen LogP contribution < -0.4 is 10.2 Å². The summed E-state index contributed by atoms with van der Waals surface area (Å²) in [5.74, 6) is -2.04. The number of ketones is 2. The third kappa shape index (κ3) is 3.66. The highest BCUT2D eigenvalue weighted by Crippen LogP contribution is 2.58. The second-order valence-corrected chi connectivity index (χ2v) is 11.6. The summed E-state index contributed by atoms with van der Waals surface area (Å²) in [6.45, 7) is 1.99. The van der Waals surface area contributed by atoms with Crippen molar-refractivity contribution in [1.82, 2.24) is 0 Å². The smallest absolute Gasteiger partial charge is 0.238 e. The molecule has 0 saturated carbocycles. The molecule has 0 aromatic heterocycles. The molecule has 202 valence electrons. The van der Waals surface area contributed by atoms with Crippen molar-refractivity contribution in [2.24, 2.45) is 5.92 Å². The molecule has 1 saturated heterocycles. The van der Waals surface area contributed by atoms with E-state index in [1.807, 2.05) is 72.5 Å². The number of para-hydroxylation sites is 1.